The number of methoxy groups -OCH3 is 2. The van der Waals surface area contributed by atoms with Crippen LogP contribution in [0.25, 0.3) is 0 Å². The molecule has 0 aromatic heterocycles. The van der Waals surface area contributed by atoms with Crippen LogP contribution in [-0.4, -0.2) is 34.6 Å². The van der Waals surface area contributed by atoms with Crippen molar-refractivity contribution in [1.82, 2.24) is 0 Å². The minimum Gasteiger partial charge on any atom is -0.507 e. The van der Waals surface area contributed by atoms with Gasteiger partial charge in [0.25, 0.3) is 0 Å². The maximum Gasteiger partial charge on any atom is 0.128 e. The van der Waals surface area contributed by atoms with Crippen LogP contribution in [-0.2, 0) is 36.5 Å². The summed E-state index contributed by atoms with van der Waals surface area (Å²) in [5.74, 6) is 3.82. The highest BCUT2D eigenvalue weighted by Crippen LogP contribution is 2.43. The van der Waals surface area contributed by atoms with Gasteiger partial charge in [0.1, 0.15) is 57.5 Å². The second-order valence-electron chi connectivity index (χ2n) is 17.2. The van der Waals surface area contributed by atoms with E-state index < -0.39 is 0 Å². The van der Waals surface area contributed by atoms with E-state index in [1.807, 2.05) is 72.8 Å². The van der Waals surface area contributed by atoms with Crippen molar-refractivity contribution in [3.05, 3.63) is 153 Å². The molecule has 0 saturated heterocycles. The van der Waals surface area contributed by atoms with Crippen LogP contribution in [0.5, 0.6) is 57.5 Å². The molecule has 0 aliphatic heterocycles. The molecule has 300 valence electrons. The van der Waals surface area contributed by atoms with Gasteiger partial charge in [0.15, 0.2) is 0 Å². The van der Waals surface area contributed by atoms with Crippen molar-refractivity contribution in [2.45, 2.75) is 78.1 Å². The predicted octanol–water partition coefficient (Wildman–Crippen LogP) is 11.4. The number of rotatable bonds is 6. The summed E-state index contributed by atoms with van der Waals surface area (Å²) in [6.07, 6.45) is 0.716. The Morgan fingerprint density at radius 2 is 0.569 bits per heavy atom. The Kier molecular flexibility index (Phi) is 10.7. The van der Waals surface area contributed by atoms with Gasteiger partial charge in [-0.15, -0.1) is 0 Å². The molecule has 0 unspecified atom stereocenters. The normalized spacial score (nSPS) is 12.8. The third-order valence-electron chi connectivity index (χ3n) is 10.9. The second-order valence-corrected chi connectivity index (χ2v) is 17.2. The molecular weight excluding hydrogens is 729 g/mol. The summed E-state index contributed by atoms with van der Waals surface area (Å²) in [7, 11) is 3.22. The van der Waals surface area contributed by atoms with Gasteiger partial charge in [-0.05, 0) is 117 Å². The Morgan fingerprint density at radius 3 is 0.793 bits per heavy atom. The van der Waals surface area contributed by atoms with E-state index in [1.54, 1.807) is 38.5 Å². The highest BCUT2D eigenvalue weighted by molar-refractivity contribution is 5.59. The number of hydrogen-bond acceptors (Lipinski definition) is 8. The van der Waals surface area contributed by atoms with Gasteiger partial charge in [-0.2, -0.15) is 0 Å². The van der Waals surface area contributed by atoms with Crippen molar-refractivity contribution >= 4 is 0 Å². The lowest BCUT2D eigenvalue weighted by molar-refractivity contribution is 0.412. The van der Waals surface area contributed by atoms with Crippen LogP contribution >= 0.6 is 0 Å². The fourth-order valence-corrected chi connectivity index (χ4v) is 7.42. The molecule has 7 rings (SSSR count). The van der Waals surface area contributed by atoms with Crippen LogP contribution < -0.4 is 18.9 Å². The van der Waals surface area contributed by atoms with E-state index in [1.165, 1.54) is 0 Å². The van der Waals surface area contributed by atoms with Gasteiger partial charge in [0.05, 0.1) is 14.2 Å². The molecule has 58 heavy (non-hydrogen) atoms. The van der Waals surface area contributed by atoms with Crippen molar-refractivity contribution in [3.63, 3.8) is 0 Å². The summed E-state index contributed by atoms with van der Waals surface area (Å²) < 4.78 is 23.5. The van der Waals surface area contributed by atoms with Crippen LogP contribution in [0.4, 0.5) is 0 Å². The molecule has 4 N–H and O–H groups in total. The molecule has 0 fully saturated rings. The van der Waals surface area contributed by atoms with Crippen LogP contribution in [0.15, 0.2) is 97.1 Å². The van der Waals surface area contributed by atoms with E-state index in [4.69, 9.17) is 18.9 Å². The average molecular weight is 781 g/mol. The van der Waals surface area contributed by atoms with E-state index in [0.29, 0.717) is 79.0 Å². The number of phenolic OH excluding ortho intramolecular Hbond substituents is 4. The standard InChI is InChI=1S/C50H52O8/c1-49(2,3)37-21-29-17-33-25-43(57-41-13-9-39(55-7)10-14-41)27-35(47(33)53)19-31-23-38(50(4,5)6)24-32(46(31)52)20-36-28-44(58-42-15-11-40(56-8)12-16-42)26-34(48(36)54)18-30(22-37)45(29)51/h9-16,21-28,51-54H,17-20H2,1-8H3. The van der Waals surface area contributed by atoms with Gasteiger partial charge >= 0.3 is 0 Å². The molecule has 8 heteroatoms. The van der Waals surface area contributed by atoms with Crippen LogP contribution in [0, 0.1) is 0 Å². The Hall–Kier alpha value is -6.28. The van der Waals surface area contributed by atoms with Crippen LogP contribution in [0.3, 0.4) is 0 Å². The lowest BCUT2D eigenvalue weighted by atomic mass is 9.81. The molecule has 1 aliphatic rings. The second kappa shape index (κ2) is 15.6. The molecular formula is C50H52O8. The van der Waals surface area contributed by atoms with Crippen molar-refractivity contribution in [1.29, 1.82) is 0 Å². The fraction of sp³-hybridized carbons (Fsp3) is 0.280. The van der Waals surface area contributed by atoms with Gasteiger partial charge < -0.3 is 39.4 Å². The monoisotopic (exact) mass is 780 g/mol. The SMILES string of the molecule is COc1ccc(Oc2cc3c(O)c(c2)Cc2cc(C(C)(C)C)cc(c2O)Cc2cc(Oc4ccc(OC)cc4)cc(c2O)Cc2cc(C(C)(C)C)cc(c2O)C3)cc1. The molecule has 0 spiro atoms. The highest BCUT2D eigenvalue weighted by atomic mass is 16.5. The number of fused-ring (bicyclic) bond motifs is 8. The fourth-order valence-electron chi connectivity index (χ4n) is 7.42. The molecule has 0 amide bonds. The predicted molar refractivity (Wildman–Crippen MR) is 227 cm³/mol. The maximum absolute atomic E-state index is 12.1. The van der Waals surface area contributed by atoms with Gasteiger partial charge in [-0.25, -0.2) is 0 Å². The van der Waals surface area contributed by atoms with Gasteiger partial charge in [0, 0.05) is 47.9 Å². The van der Waals surface area contributed by atoms with Gasteiger partial charge in [0.2, 0.25) is 0 Å². The van der Waals surface area contributed by atoms with Crippen LogP contribution in [0.2, 0.25) is 0 Å². The Bertz CT molecular complexity index is 2200. The molecule has 0 heterocycles. The van der Waals surface area contributed by atoms with Gasteiger partial charge in [-0.3, -0.25) is 0 Å². The molecule has 6 aromatic carbocycles. The molecule has 0 radical (unpaired) electrons. The van der Waals surface area contributed by atoms with Crippen molar-refractivity contribution in [2.24, 2.45) is 0 Å². The maximum atomic E-state index is 12.1. The quantitative estimate of drug-likeness (QED) is 0.132. The number of benzene rings is 6. The summed E-state index contributed by atoms with van der Waals surface area (Å²) in [5.41, 5.74) is 6.04. The first-order valence-corrected chi connectivity index (χ1v) is 19.5. The van der Waals surface area contributed by atoms with Crippen LogP contribution in [0.1, 0.15) is 97.2 Å². The summed E-state index contributed by atoms with van der Waals surface area (Å²) in [6.45, 7) is 12.7. The molecule has 1 aliphatic carbocycles. The largest absolute Gasteiger partial charge is 0.507 e. The summed E-state index contributed by atoms with van der Waals surface area (Å²) in [6, 6.07) is 29.7. The lowest BCUT2D eigenvalue weighted by Crippen LogP contribution is -2.13. The minimum atomic E-state index is -0.290. The summed E-state index contributed by atoms with van der Waals surface area (Å²) >= 11 is 0. The number of hydrogen-bond donors (Lipinski definition) is 4. The smallest absolute Gasteiger partial charge is 0.128 e. The Balaban J connectivity index is 1.45. The van der Waals surface area contributed by atoms with E-state index in [2.05, 4.69) is 41.5 Å². The molecule has 0 atom stereocenters. The average Bonchev–Trinajstić information content (AvgIpc) is 3.17. The lowest BCUT2D eigenvalue weighted by Gasteiger charge is -2.25. The first-order chi connectivity index (χ1) is 27.5. The number of aromatic hydroxyl groups is 4. The van der Waals surface area contributed by atoms with Crippen molar-refractivity contribution in [3.8, 4) is 57.5 Å². The first kappa shape index (κ1) is 39.9. The van der Waals surface area contributed by atoms with E-state index in [-0.39, 0.29) is 59.5 Å². The number of phenols is 4. The zero-order valence-electron chi connectivity index (χ0n) is 34.5. The third kappa shape index (κ3) is 8.52. The highest BCUT2D eigenvalue weighted by Gasteiger charge is 2.26. The summed E-state index contributed by atoms with van der Waals surface area (Å²) in [4.78, 5) is 0. The van der Waals surface area contributed by atoms with E-state index >= 15 is 0 Å². The summed E-state index contributed by atoms with van der Waals surface area (Å²) in [5, 5.41) is 48.2. The zero-order valence-corrected chi connectivity index (χ0v) is 34.5. The zero-order chi connectivity index (χ0) is 41.5. The molecule has 8 bridgehead atoms. The van der Waals surface area contributed by atoms with E-state index in [0.717, 1.165) is 11.1 Å². The third-order valence-corrected chi connectivity index (χ3v) is 10.9. The van der Waals surface area contributed by atoms with E-state index in [9.17, 15) is 20.4 Å². The Labute approximate surface area is 340 Å². The molecule has 0 saturated carbocycles. The number of ether oxygens (including phenoxy) is 4. The minimum absolute atomic E-state index is 0.0570. The van der Waals surface area contributed by atoms with Gasteiger partial charge in [-0.1, -0.05) is 65.8 Å². The topological polar surface area (TPSA) is 118 Å². The van der Waals surface area contributed by atoms with Crippen molar-refractivity contribution in [2.75, 3.05) is 14.2 Å². The Morgan fingerprint density at radius 1 is 0.345 bits per heavy atom. The van der Waals surface area contributed by atoms with Crippen molar-refractivity contribution < 1.29 is 39.4 Å². The first-order valence-electron chi connectivity index (χ1n) is 19.5. The molecule has 6 aromatic rings. The molecule has 8 nitrogen and oxygen atoms in total.